The molecule has 0 spiro atoms. The number of nitrogens with zero attached hydrogens (tertiary/aromatic N) is 3. The third-order valence-corrected chi connectivity index (χ3v) is 8.08. The minimum absolute atomic E-state index is 0.0548. The fourth-order valence-electron chi connectivity index (χ4n) is 3.54. The SMILES string of the molecule is O=C(CCc1ccc(S(=O)(=O)N2CCCCCC2)cc1)OCc1noc(-c2cccs2)n1. The average Bonchev–Trinajstić information content (AvgIpc) is 3.42. The van der Waals surface area contributed by atoms with Gasteiger partial charge in [-0.25, -0.2) is 8.42 Å². The summed E-state index contributed by atoms with van der Waals surface area (Å²) in [4.78, 5) is 17.4. The van der Waals surface area contributed by atoms with Crippen molar-refractivity contribution in [2.75, 3.05) is 13.1 Å². The number of aryl methyl sites for hydroxylation is 1. The molecular weight excluding hydrogens is 450 g/mol. The zero-order valence-corrected chi connectivity index (χ0v) is 19.2. The smallest absolute Gasteiger partial charge is 0.306 e. The van der Waals surface area contributed by atoms with Crippen LogP contribution in [0.3, 0.4) is 0 Å². The monoisotopic (exact) mass is 475 g/mol. The van der Waals surface area contributed by atoms with Crippen LogP contribution in [0.15, 0.2) is 51.2 Å². The Morgan fingerprint density at radius 3 is 2.53 bits per heavy atom. The molecule has 1 aliphatic rings. The Hall–Kier alpha value is -2.56. The highest BCUT2D eigenvalue weighted by molar-refractivity contribution is 7.89. The van der Waals surface area contributed by atoms with E-state index in [0.29, 0.717) is 36.1 Å². The van der Waals surface area contributed by atoms with E-state index in [-0.39, 0.29) is 19.0 Å². The number of carbonyl (C=O) groups excluding carboxylic acids is 1. The Bertz CT molecular complexity index is 1120. The number of esters is 1. The van der Waals surface area contributed by atoms with Crippen LogP contribution < -0.4 is 0 Å². The van der Waals surface area contributed by atoms with Crippen molar-refractivity contribution in [3.63, 3.8) is 0 Å². The summed E-state index contributed by atoms with van der Waals surface area (Å²) in [7, 11) is -3.47. The van der Waals surface area contributed by atoms with E-state index < -0.39 is 10.0 Å². The van der Waals surface area contributed by atoms with Gasteiger partial charge in [0.1, 0.15) is 0 Å². The standard InChI is InChI=1S/C22H25N3O5S2/c26-21(29-16-20-23-22(30-24-20)19-6-5-15-31-19)12-9-17-7-10-18(11-8-17)32(27,28)25-13-3-1-2-4-14-25/h5-8,10-11,15H,1-4,9,12-14,16H2. The van der Waals surface area contributed by atoms with Crippen LogP contribution in [0.1, 0.15) is 43.5 Å². The predicted octanol–water partition coefficient (Wildman–Crippen LogP) is 4.04. The topological polar surface area (TPSA) is 103 Å². The fourth-order valence-corrected chi connectivity index (χ4v) is 5.70. The van der Waals surface area contributed by atoms with E-state index in [1.54, 1.807) is 28.6 Å². The second-order valence-corrected chi connectivity index (χ2v) is 10.5. The van der Waals surface area contributed by atoms with Gasteiger partial charge >= 0.3 is 5.97 Å². The molecule has 0 saturated carbocycles. The average molecular weight is 476 g/mol. The van der Waals surface area contributed by atoms with Gasteiger partial charge in [0.2, 0.25) is 15.8 Å². The molecule has 170 valence electrons. The third kappa shape index (κ3) is 5.62. The summed E-state index contributed by atoms with van der Waals surface area (Å²) in [5.74, 6) is 0.333. The van der Waals surface area contributed by atoms with E-state index >= 15 is 0 Å². The van der Waals surface area contributed by atoms with Crippen molar-refractivity contribution < 1.29 is 22.5 Å². The molecule has 3 aromatic rings. The first-order chi connectivity index (χ1) is 15.5. The van der Waals surface area contributed by atoms with E-state index in [2.05, 4.69) is 10.1 Å². The summed E-state index contributed by atoms with van der Waals surface area (Å²) >= 11 is 1.49. The molecule has 8 nitrogen and oxygen atoms in total. The number of sulfonamides is 1. The van der Waals surface area contributed by atoms with Gasteiger partial charge in [-0.05, 0) is 48.4 Å². The van der Waals surface area contributed by atoms with E-state index in [0.717, 1.165) is 36.1 Å². The van der Waals surface area contributed by atoms with Gasteiger partial charge in [-0.1, -0.05) is 36.2 Å². The Kier molecular flexibility index (Phi) is 7.33. The molecule has 0 unspecified atom stereocenters. The normalized spacial score (nSPS) is 15.4. The summed E-state index contributed by atoms with van der Waals surface area (Å²) in [5, 5.41) is 5.73. The lowest BCUT2D eigenvalue weighted by atomic mass is 10.1. The molecule has 2 aromatic heterocycles. The lowest BCUT2D eigenvalue weighted by molar-refractivity contribution is -0.145. The molecule has 1 aliphatic heterocycles. The molecule has 1 aromatic carbocycles. The number of ether oxygens (including phenoxy) is 1. The minimum atomic E-state index is -3.47. The molecule has 32 heavy (non-hydrogen) atoms. The molecule has 0 N–H and O–H groups in total. The van der Waals surface area contributed by atoms with Crippen molar-refractivity contribution in [1.82, 2.24) is 14.4 Å². The third-order valence-electron chi connectivity index (χ3n) is 5.31. The molecule has 3 heterocycles. The lowest BCUT2D eigenvalue weighted by Gasteiger charge is -2.20. The fraction of sp³-hybridized carbons (Fsp3) is 0.409. The van der Waals surface area contributed by atoms with Gasteiger partial charge in [0, 0.05) is 19.5 Å². The van der Waals surface area contributed by atoms with Gasteiger partial charge in [0.15, 0.2) is 6.61 Å². The summed E-state index contributed by atoms with van der Waals surface area (Å²) < 4.78 is 37.7. The maximum atomic E-state index is 12.8. The predicted molar refractivity (Wildman–Crippen MR) is 119 cm³/mol. The molecule has 0 amide bonds. The highest BCUT2D eigenvalue weighted by Crippen LogP contribution is 2.23. The highest BCUT2D eigenvalue weighted by Gasteiger charge is 2.25. The first-order valence-corrected chi connectivity index (χ1v) is 13.0. The second kappa shape index (κ2) is 10.4. The molecule has 1 fully saturated rings. The number of thiophene rings is 1. The quantitative estimate of drug-likeness (QED) is 0.453. The maximum absolute atomic E-state index is 12.8. The summed E-state index contributed by atoms with van der Waals surface area (Å²) in [6, 6.07) is 10.5. The van der Waals surface area contributed by atoms with Crippen molar-refractivity contribution in [1.29, 1.82) is 0 Å². The molecular formula is C22H25N3O5S2. The van der Waals surface area contributed by atoms with Crippen LogP contribution in [-0.4, -0.2) is 41.9 Å². The summed E-state index contributed by atoms with van der Waals surface area (Å²) in [5.41, 5.74) is 0.872. The number of rotatable bonds is 8. The summed E-state index contributed by atoms with van der Waals surface area (Å²) in [6.45, 7) is 1.09. The number of benzene rings is 1. The number of carbonyl (C=O) groups is 1. The lowest BCUT2D eigenvalue weighted by Crippen LogP contribution is -2.31. The maximum Gasteiger partial charge on any atom is 0.306 e. The van der Waals surface area contributed by atoms with E-state index in [9.17, 15) is 13.2 Å². The molecule has 10 heteroatoms. The largest absolute Gasteiger partial charge is 0.457 e. The van der Waals surface area contributed by atoms with Crippen LogP contribution in [0.4, 0.5) is 0 Å². The zero-order chi connectivity index (χ0) is 22.4. The van der Waals surface area contributed by atoms with Crippen LogP contribution in [-0.2, 0) is 32.6 Å². The number of aromatic nitrogens is 2. The Labute approximate surface area is 191 Å². The van der Waals surface area contributed by atoms with Crippen LogP contribution in [0.5, 0.6) is 0 Å². The van der Waals surface area contributed by atoms with E-state index in [1.807, 2.05) is 17.5 Å². The van der Waals surface area contributed by atoms with Gasteiger partial charge in [0.05, 0.1) is 9.77 Å². The second-order valence-electron chi connectivity index (χ2n) is 7.62. The van der Waals surface area contributed by atoms with Crippen molar-refractivity contribution in [2.24, 2.45) is 0 Å². The minimum Gasteiger partial charge on any atom is -0.457 e. The number of hydrogen-bond acceptors (Lipinski definition) is 8. The van der Waals surface area contributed by atoms with Crippen LogP contribution >= 0.6 is 11.3 Å². The zero-order valence-electron chi connectivity index (χ0n) is 17.6. The van der Waals surface area contributed by atoms with Gasteiger partial charge in [-0.15, -0.1) is 11.3 Å². The molecule has 4 rings (SSSR count). The van der Waals surface area contributed by atoms with E-state index in [4.69, 9.17) is 9.26 Å². The molecule has 0 aliphatic carbocycles. The molecule has 1 saturated heterocycles. The van der Waals surface area contributed by atoms with Crippen molar-refractivity contribution in [3.05, 3.63) is 53.2 Å². The molecule has 0 atom stereocenters. The van der Waals surface area contributed by atoms with Crippen molar-refractivity contribution in [3.8, 4) is 10.8 Å². The first kappa shape index (κ1) is 22.6. The van der Waals surface area contributed by atoms with Crippen molar-refractivity contribution in [2.45, 2.75) is 50.0 Å². The molecule has 0 bridgehead atoms. The Balaban J connectivity index is 1.26. The summed E-state index contributed by atoms with van der Waals surface area (Å²) in [6.07, 6.45) is 4.58. The van der Waals surface area contributed by atoms with Crippen LogP contribution in [0.2, 0.25) is 0 Å². The number of hydrogen-bond donors (Lipinski definition) is 0. The molecule has 0 radical (unpaired) electrons. The van der Waals surface area contributed by atoms with Gasteiger partial charge < -0.3 is 9.26 Å². The van der Waals surface area contributed by atoms with Crippen molar-refractivity contribution >= 4 is 27.3 Å². The van der Waals surface area contributed by atoms with E-state index in [1.165, 1.54) is 11.3 Å². The Morgan fingerprint density at radius 1 is 1.09 bits per heavy atom. The van der Waals surface area contributed by atoms with Crippen LogP contribution in [0.25, 0.3) is 10.8 Å². The Morgan fingerprint density at radius 2 is 1.84 bits per heavy atom. The van der Waals surface area contributed by atoms with Gasteiger partial charge in [-0.3, -0.25) is 4.79 Å². The van der Waals surface area contributed by atoms with Gasteiger partial charge in [0.25, 0.3) is 5.89 Å². The van der Waals surface area contributed by atoms with Crippen LogP contribution in [0, 0.1) is 0 Å². The van der Waals surface area contributed by atoms with Gasteiger partial charge in [-0.2, -0.15) is 9.29 Å². The first-order valence-electron chi connectivity index (χ1n) is 10.6. The highest BCUT2D eigenvalue weighted by atomic mass is 32.2.